The molecule has 2 N–H and O–H groups in total. The minimum atomic E-state index is -4.64. The number of hydrogen-bond acceptors (Lipinski definition) is 6. The van der Waals surface area contributed by atoms with Gasteiger partial charge in [-0.25, -0.2) is 9.67 Å². The first-order valence-corrected chi connectivity index (χ1v) is 16.1. The van der Waals surface area contributed by atoms with Crippen LogP contribution in [-0.2, 0) is 29.7 Å². The molecule has 0 aliphatic rings. The molecular formula is C32H24BrCl2F3N4O4S. The largest absolute Gasteiger partial charge is 0.481 e. The van der Waals surface area contributed by atoms with Gasteiger partial charge in [0.15, 0.2) is 10.9 Å². The maximum Gasteiger partial charge on any atom is 0.433 e. The van der Waals surface area contributed by atoms with Crippen molar-refractivity contribution in [2.24, 2.45) is 0 Å². The molecule has 0 fully saturated rings. The van der Waals surface area contributed by atoms with Gasteiger partial charge in [0, 0.05) is 26.3 Å². The maximum atomic E-state index is 13.0. The lowest BCUT2D eigenvalue weighted by Crippen LogP contribution is -2.27. The number of aromatic amines is 1. The van der Waals surface area contributed by atoms with Crippen LogP contribution in [0.5, 0.6) is 0 Å². The van der Waals surface area contributed by atoms with Gasteiger partial charge in [-0.05, 0) is 71.6 Å². The van der Waals surface area contributed by atoms with Gasteiger partial charge in [-0.2, -0.15) is 18.3 Å². The number of halogens is 6. The second-order valence-corrected chi connectivity index (χ2v) is 12.8. The van der Waals surface area contributed by atoms with E-state index in [4.69, 9.17) is 28.3 Å². The van der Waals surface area contributed by atoms with Crippen LogP contribution in [0, 0.1) is 6.92 Å². The highest BCUT2D eigenvalue weighted by molar-refractivity contribution is 9.10. The molecule has 0 aliphatic heterocycles. The monoisotopic (exact) mass is 766 g/mol. The average molecular weight is 768 g/mol. The molecule has 0 saturated carbocycles. The number of aromatic nitrogens is 4. The van der Waals surface area contributed by atoms with Crippen molar-refractivity contribution in [2.45, 2.75) is 37.0 Å². The number of benzene rings is 3. The number of thioether (sulfide) groups is 1. The van der Waals surface area contributed by atoms with Gasteiger partial charge >= 0.3 is 12.1 Å². The van der Waals surface area contributed by atoms with Crippen molar-refractivity contribution < 1.29 is 23.1 Å². The third kappa shape index (κ3) is 10.5. The van der Waals surface area contributed by atoms with Crippen molar-refractivity contribution >= 4 is 56.9 Å². The number of carbonyl (C=O) groups is 1. The Kier molecular flexibility index (Phi) is 12.1. The van der Waals surface area contributed by atoms with Crippen LogP contribution in [0.1, 0.15) is 28.1 Å². The Bertz CT molecular complexity index is 2010. The van der Waals surface area contributed by atoms with E-state index < -0.39 is 23.4 Å². The summed E-state index contributed by atoms with van der Waals surface area (Å²) in [5, 5.41) is 14.5. The number of carboxylic acid groups (broad SMARTS) is 1. The molecule has 0 radical (unpaired) electrons. The number of alkyl halides is 3. The Morgan fingerprint density at radius 2 is 1.64 bits per heavy atom. The van der Waals surface area contributed by atoms with E-state index in [2.05, 4.69) is 31.0 Å². The molecule has 8 nitrogen and oxygen atoms in total. The smallest absolute Gasteiger partial charge is 0.433 e. The predicted octanol–water partition coefficient (Wildman–Crippen LogP) is 8.04. The molecule has 0 saturated heterocycles. The molecule has 47 heavy (non-hydrogen) atoms. The van der Waals surface area contributed by atoms with Crippen LogP contribution in [-0.4, -0.2) is 30.8 Å². The van der Waals surface area contributed by atoms with Gasteiger partial charge in [-0.1, -0.05) is 81.2 Å². The predicted molar refractivity (Wildman–Crippen MR) is 179 cm³/mol. The minimum absolute atomic E-state index is 0.0697. The number of nitrogens with zero attached hydrogens (tertiary/aromatic N) is 3. The third-order valence-corrected chi connectivity index (χ3v) is 8.40. The zero-order valence-electron chi connectivity index (χ0n) is 24.3. The van der Waals surface area contributed by atoms with Gasteiger partial charge in [0.2, 0.25) is 0 Å². The summed E-state index contributed by atoms with van der Waals surface area (Å²) in [6, 6.07) is 21.5. The van der Waals surface area contributed by atoms with Crippen molar-refractivity contribution in [3.8, 4) is 11.1 Å². The van der Waals surface area contributed by atoms with Crippen LogP contribution in [0.2, 0.25) is 10.0 Å². The van der Waals surface area contributed by atoms with E-state index in [1.54, 1.807) is 36.4 Å². The first-order valence-electron chi connectivity index (χ1n) is 13.6. The van der Waals surface area contributed by atoms with Crippen LogP contribution in [0.3, 0.4) is 0 Å². The molecule has 3 aromatic carbocycles. The number of nitrogens with one attached hydrogen (secondary N) is 1. The van der Waals surface area contributed by atoms with Crippen molar-refractivity contribution in [3.63, 3.8) is 0 Å². The molecule has 2 aromatic heterocycles. The molecule has 0 atom stereocenters. The van der Waals surface area contributed by atoms with E-state index in [0.29, 0.717) is 38.7 Å². The number of hydrogen-bond donors (Lipinski definition) is 2. The van der Waals surface area contributed by atoms with Crippen LogP contribution in [0.25, 0.3) is 11.1 Å². The van der Waals surface area contributed by atoms with Crippen LogP contribution in [0.15, 0.2) is 98.1 Å². The molecule has 244 valence electrons. The van der Waals surface area contributed by atoms with E-state index in [-0.39, 0.29) is 23.7 Å². The van der Waals surface area contributed by atoms with Gasteiger partial charge in [-0.3, -0.25) is 14.4 Å². The summed E-state index contributed by atoms with van der Waals surface area (Å²) in [5.74, 6) is -0.626. The average Bonchev–Trinajstić information content (AvgIpc) is 2.99. The van der Waals surface area contributed by atoms with Gasteiger partial charge < -0.3 is 10.1 Å². The molecule has 0 aliphatic carbocycles. The fourth-order valence-corrected chi connectivity index (χ4v) is 5.61. The van der Waals surface area contributed by atoms with Crippen LogP contribution >= 0.6 is 50.9 Å². The summed E-state index contributed by atoms with van der Waals surface area (Å²) in [7, 11) is 0. The summed E-state index contributed by atoms with van der Waals surface area (Å²) in [5.41, 5.74) is 1.84. The number of aryl methyl sites for hydroxylation is 1. The topological polar surface area (TPSA) is 118 Å². The number of aliphatic carboxylic acids is 1. The summed E-state index contributed by atoms with van der Waals surface area (Å²) < 4.78 is 39.8. The van der Waals surface area contributed by atoms with E-state index in [1.807, 2.05) is 43.3 Å². The zero-order valence-corrected chi connectivity index (χ0v) is 28.2. The Hall–Kier alpha value is -3.91. The molecule has 0 bridgehead atoms. The second kappa shape index (κ2) is 15.8. The Labute approximate surface area is 288 Å². The highest BCUT2D eigenvalue weighted by atomic mass is 79.9. The van der Waals surface area contributed by atoms with Gasteiger partial charge in [0.1, 0.15) is 0 Å². The summed E-state index contributed by atoms with van der Waals surface area (Å²) in [4.78, 5) is 41.0. The van der Waals surface area contributed by atoms with Crippen molar-refractivity contribution in [1.82, 2.24) is 19.7 Å². The van der Waals surface area contributed by atoms with E-state index >= 15 is 0 Å². The van der Waals surface area contributed by atoms with Gasteiger partial charge in [-0.15, -0.1) is 0 Å². The molecule has 5 rings (SSSR count). The Morgan fingerprint density at radius 1 is 0.979 bits per heavy atom. The van der Waals surface area contributed by atoms with E-state index in [1.165, 1.54) is 4.68 Å². The summed E-state index contributed by atoms with van der Waals surface area (Å²) in [6.07, 6.45) is -4.90. The van der Waals surface area contributed by atoms with Crippen LogP contribution < -0.4 is 11.1 Å². The summed E-state index contributed by atoms with van der Waals surface area (Å²) >= 11 is 16.1. The SMILES string of the molecule is Cc1cc(Cl)ccc1Cn1nc(CC(=O)O)cc(-c2ccc(Br)cc2)c1=O.O=c1cc(C(F)(F)F)nc(SCc2ccc(Cl)cc2)[nH]1. The van der Waals surface area contributed by atoms with Gasteiger partial charge in [0.25, 0.3) is 11.1 Å². The fourth-order valence-electron chi connectivity index (χ4n) is 4.16. The number of rotatable bonds is 8. The molecule has 0 spiro atoms. The van der Waals surface area contributed by atoms with E-state index in [0.717, 1.165) is 32.9 Å². The van der Waals surface area contributed by atoms with Crippen molar-refractivity contribution in [1.29, 1.82) is 0 Å². The molecule has 2 heterocycles. The quantitative estimate of drug-likeness (QED) is 0.121. The van der Waals surface area contributed by atoms with E-state index in [9.17, 15) is 27.6 Å². The molecule has 15 heteroatoms. The first kappa shape index (κ1) is 35.9. The summed E-state index contributed by atoms with van der Waals surface area (Å²) in [6.45, 7) is 2.14. The second-order valence-electron chi connectivity index (χ2n) is 10.0. The lowest BCUT2D eigenvalue weighted by atomic mass is 10.1. The third-order valence-electron chi connectivity index (χ3n) is 6.44. The molecular weight excluding hydrogens is 744 g/mol. The normalized spacial score (nSPS) is 11.1. The first-order chi connectivity index (χ1) is 22.2. The molecule has 5 aromatic rings. The number of H-pyrrole nitrogens is 1. The van der Waals surface area contributed by atoms with Crippen LogP contribution in [0.4, 0.5) is 13.2 Å². The van der Waals surface area contributed by atoms with Crippen molar-refractivity contribution in [2.75, 3.05) is 0 Å². The molecule has 0 unspecified atom stereocenters. The lowest BCUT2D eigenvalue weighted by Gasteiger charge is -2.12. The highest BCUT2D eigenvalue weighted by Crippen LogP contribution is 2.28. The Morgan fingerprint density at radius 3 is 2.26 bits per heavy atom. The maximum absolute atomic E-state index is 13.0. The van der Waals surface area contributed by atoms with Crippen molar-refractivity contribution in [3.05, 3.63) is 142 Å². The minimum Gasteiger partial charge on any atom is -0.481 e. The fraction of sp³-hybridized carbons (Fsp3) is 0.156. The Balaban J connectivity index is 0.000000223. The molecule has 0 amide bonds. The highest BCUT2D eigenvalue weighted by Gasteiger charge is 2.33. The standard InChI is InChI=1S/C20H16BrClN2O3.C12H8ClF3N2OS/c1-12-8-16(22)7-4-14(12)11-24-20(27)18(9-17(23-24)10-19(25)26)13-2-5-15(21)6-3-13;13-8-3-1-7(2-4-8)6-20-11-17-9(12(14,15)16)5-10(19)18-11/h2-9H,10-11H2,1H3,(H,25,26);1-5H,6H2,(H,17,18,19). The number of carboxylic acids is 1. The van der Waals surface area contributed by atoms with Gasteiger partial charge in [0.05, 0.1) is 24.2 Å². The zero-order chi connectivity index (χ0) is 34.3. The lowest BCUT2D eigenvalue weighted by molar-refractivity contribution is -0.141.